The second kappa shape index (κ2) is 8.14. The molecule has 1 aromatic carbocycles. The van der Waals surface area contributed by atoms with Gasteiger partial charge in [-0.15, -0.1) is 0 Å². The molecule has 1 N–H and O–H groups in total. The van der Waals surface area contributed by atoms with Gasteiger partial charge in [-0.2, -0.15) is 0 Å². The lowest BCUT2D eigenvalue weighted by atomic mass is 10.1. The highest BCUT2D eigenvalue weighted by molar-refractivity contribution is 5.87. The standard InChI is InChI=1S/C16H21NO2/c1-4-5-6-7-16(18)17-11-10-14-12-13(2)8-9-15(14)19-3/h4-9,12H,10-11H2,1-3H3,(H,17,18)/b5-4+,7-6+. The molecule has 0 unspecified atom stereocenters. The molecule has 1 aromatic rings. The molecule has 1 amide bonds. The van der Waals surface area contributed by atoms with Crippen molar-refractivity contribution in [3.05, 3.63) is 53.6 Å². The van der Waals surface area contributed by atoms with Gasteiger partial charge >= 0.3 is 0 Å². The van der Waals surface area contributed by atoms with E-state index in [1.807, 2.05) is 38.1 Å². The lowest BCUT2D eigenvalue weighted by molar-refractivity contribution is -0.116. The number of ether oxygens (including phenoxy) is 1. The van der Waals surface area contributed by atoms with E-state index in [9.17, 15) is 4.79 Å². The van der Waals surface area contributed by atoms with E-state index in [-0.39, 0.29) is 5.91 Å². The van der Waals surface area contributed by atoms with Crippen LogP contribution in [-0.4, -0.2) is 19.6 Å². The second-order valence-electron chi connectivity index (χ2n) is 4.24. The Morgan fingerprint density at radius 2 is 2.16 bits per heavy atom. The summed E-state index contributed by atoms with van der Waals surface area (Å²) in [5.41, 5.74) is 2.30. The number of hydrogen-bond donors (Lipinski definition) is 1. The van der Waals surface area contributed by atoms with Crippen LogP contribution in [0.25, 0.3) is 0 Å². The van der Waals surface area contributed by atoms with E-state index in [2.05, 4.69) is 11.4 Å². The molecule has 1 rings (SSSR count). The number of rotatable bonds is 6. The molecule has 3 nitrogen and oxygen atoms in total. The van der Waals surface area contributed by atoms with Gasteiger partial charge in [-0.3, -0.25) is 4.79 Å². The number of benzene rings is 1. The van der Waals surface area contributed by atoms with Crippen LogP contribution in [0.1, 0.15) is 18.1 Å². The van der Waals surface area contributed by atoms with E-state index >= 15 is 0 Å². The first-order valence-electron chi connectivity index (χ1n) is 6.38. The molecule has 0 bridgehead atoms. The molecule has 0 aliphatic carbocycles. The molecule has 0 radical (unpaired) electrons. The Morgan fingerprint density at radius 1 is 1.37 bits per heavy atom. The Labute approximate surface area is 115 Å². The zero-order valence-corrected chi connectivity index (χ0v) is 11.8. The number of allylic oxidation sites excluding steroid dienone is 3. The SMILES string of the molecule is C/C=C/C=C/C(=O)NCCc1cc(C)ccc1OC. The second-order valence-corrected chi connectivity index (χ2v) is 4.24. The zero-order valence-electron chi connectivity index (χ0n) is 11.8. The van der Waals surface area contributed by atoms with E-state index in [1.165, 1.54) is 11.6 Å². The molecule has 19 heavy (non-hydrogen) atoms. The number of aryl methyl sites for hydroxylation is 1. The zero-order chi connectivity index (χ0) is 14.1. The average molecular weight is 259 g/mol. The van der Waals surface area contributed by atoms with Crippen molar-refractivity contribution in [1.82, 2.24) is 5.32 Å². The Kier molecular flexibility index (Phi) is 6.44. The summed E-state index contributed by atoms with van der Waals surface area (Å²) >= 11 is 0. The fraction of sp³-hybridized carbons (Fsp3) is 0.312. The fourth-order valence-electron chi connectivity index (χ4n) is 1.74. The van der Waals surface area contributed by atoms with Gasteiger partial charge in [0.25, 0.3) is 0 Å². The fourth-order valence-corrected chi connectivity index (χ4v) is 1.74. The Bertz CT molecular complexity index is 476. The third-order valence-electron chi connectivity index (χ3n) is 2.68. The minimum absolute atomic E-state index is 0.0790. The molecule has 3 heteroatoms. The van der Waals surface area contributed by atoms with Crippen molar-refractivity contribution in [3.63, 3.8) is 0 Å². The van der Waals surface area contributed by atoms with Crippen molar-refractivity contribution in [1.29, 1.82) is 0 Å². The lowest BCUT2D eigenvalue weighted by Crippen LogP contribution is -2.23. The molecule has 0 heterocycles. The third kappa shape index (κ3) is 5.42. The van der Waals surface area contributed by atoms with Crippen molar-refractivity contribution in [2.45, 2.75) is 20.3 Å². The van der Waals surface area contributed by atoms with E-state index in [1.54, 1.807) is 13.2 Å². The van der Waals surface area contributed by atoms with Crippen LogP contribution in [0.15, 0.2) is 42.5 Å². The monoisotopic (exact) mass is 259 g/mol. The van der Waals surface area contributed by atoms with E-state index in [0.717, 1.165) is 17.7 Å². The van der Waals surface area contributed by atoms with E-state index in [0.29, 0.717) is 6.54 Å². The number of nitrogens with one attached hydrogen (secondary N) is 1. The normalized spacial score (nSPS) is 11.1. The van der Waals surface area contributed by atoms with Crippen LogP contribution in [-0.2, 0) is 11.2 Å². The lowest BCUT2D eigenvalue weighted by Gasteiger charge is -2.09. The summed E-state index contributed by atoms with van der Waals surface area (Å²) in [6.45, 7) is 4.55. The molecule has 102 valence electrons. The summed E-state index contributed by atoms with van der Waals surface area (Å²) in [4.78, 5) is 11.5. The van der Waals surface area contributed by atoms with Gasteiger partial charge in [0.2, 0.25) is 5.91 Å². The predicted molar refractivity (Wildman–Crippen MR) is 78.4 cm³/mol. The summed E-state index contributed by atoms with van der Waals surface area (Å²) in [5.74, 6) is 0.786. The molecule has 0 saturated carbocycles. The molecular weight excluding hydrogens is 238 g/mol. The van der Waals surface area contributed by atoms with Crippen LogP contribution in [0, 0.1) is 6.92 Å². The molecular formula is C16H21NO2. The highest BCUT2D eigenvalue weighted by Crippen LogP contribution is 2.19. The van der Waals surface area contributed by atoms with Gasteiger partial charge < -0.3 is 10.1 Å². The minimum Gasteiger partial charge on any atom is -0.496 e. The quantitative estimate of drug-likeness (QED) is 0.630. The van der Waals surface area contributed by atoms with Gasteiger partial charge in [0, 0.05) is 12.6 Å². The van der Waals surface area contributed by atoms with Gasteiger partial charge in [0.1, 0.15) is 5.75 Å². The van der Waals surface area contributed by atoms with Gasteiger partial charge in [0.05, 0.1) is 7.11 Å². The van der Waals surface area contributed by atoms with Gasteiger partial charge in [0.15, 0.2) is 0 Å². The largest absolute Gasteiger partial charge is 0.496 e. The number of carbonyl (C=O) groups excluding carboxylic acids is 1. The molecule has 0 aliphatic heterocycles. The first kappa shape index (κ1) is 15.0. The molecule has 0 saturated heterocycles. The highest BCUT2D eigenvalue weighted by atomic mass is 16.5. The number of methoxy groups -OCH3 is 1. The summed E-state index contributed by atoms with van der Waals surface area (Å²) in [6.07, 6.45) is 7.70. The first-order chi connectivity index (χ1) is 9.17. The van der Waals surface area contributed by atoms with Gasteiger partial charge in [-0.25, -0.2) is 0 Å². The Hall–Kier alpha value is -2.03. The maximum Gasteiger partial charge on any atom is 0.243 e. The van der Waals surface area contributed by atoms with Crippen molar-refractivity contribution in [3.8, 4) is 5.75 Å². The van der Waals surface area contributed by atoms with Crippen LogP contribution in [0.3, 0.4) is 0 Å². The van der Waals surface area contributed by atoms with Crippen LogP contribution >= 0.6 is 0 Å². The van der Waals surface area contributed by atoms with Crippen molar-refractivity contribution in [2.75, 3.05) is 13.7 Å². The Balaban J connectivity index is 2.49. The summed E-state index contributed by atoms with van der Waals surface area (Å²) < 4.78 is 5.30. The van der Waals surface area contributed by atoms with Crippen LogP contribution in [0.5, 0.6) is 5.75 Å². The average Bonchev–Trinajstić information content (AvgIpc) is 2.39. The topological polar surface area (TPSA) is 38.3 Å². The molecule has 0 aliphatic rings. The number of hydrogen-bond acceptors (Lipinski definition) is 2. The number of carbonyl (C=O) groups is 1. The van der Waals surface area contributed by atoms with Gasteiger partial charge in [-0.05, 0) is 31.9 Å². The summed E-state index contributed by atoms with van der Waals surface area (Å²) in [6, 6.07) is 6.06. The molecule has 0 atom stereocenters. The molecule has 0 fully saturated rings. The first-order valence-corrected chi connectivity index (χ1v) is 6.38. The van der Waals surface area contributed by atoms with Crippen molar-refractivity contribution >= 4 is 5.91 Å². The summed E-state index contributed by atoms with van der Waals surface area (Å²) in [7, 11) is 1.66. The predicted octanol–water partition coefficient (Wildman–Crippen LogP) is 2.79. The van der Waals surface area contributed by atoms with Crippen LogP contribution in [0.2, 0.25) is 0 Å². The molecule has 0 aromatic heterocycles. The van der Waals surface area contributed by atoms with E-state index in [4.69, 9.17) is 4.74 Å². The van der Waals surface area contributed by atoms with Crippen molar-refractivity contribution < 1.29 is 9.53 Å². The smallest absolute Gasteiger partial charge is 0.243 e. The minimum atomic E-state index is -0.0790. The molecule has 0 spiro atoms. The highest BCUT2D eigenvalue weighted by Gasteiger charge is 2.03. The number of amides is 1. The maximum atomic E-state index is 11.5. The van der Waals surface area contributed by atoms with Crippen LogP contribution in [0.4, 0.5) is 0 Å². The summed E-state index contributed by atoms with van der Waals surface area (Å²) in [5, 5.41) is 2.85. The van der Waals surface area contributed by atoms with Crippen molar-refractivity contribution in [2.24, 2.45) is 0 Å². The van der Waals surface area contributed by atoms with Gasteiger partial charge in [-0.1, -0.05) is 35.9 Å². The maximum absolute atomic E-state index is 11.5. The van der Waals surface area contributed by atoms with E-state index < -0.39 is 0 Å². The third-order valence-corrected chi connectivity index (χ3v) is 2.68. The van der Waals surface area contributed by atoms with Crippen LogP contribution < -0.4 is 10.1 Å². The Morgan fingerprint density at radius 3 is 2.84 bits per heavy atom.